The van der Waals surface area contributed by atoms with E-state index in [9.17, 15) is 9.59 Å². The Morgan fingerprint density at radius 1 is 1.10 bits per heavy atom. The summed E-state index contributed by atoms with van der Waals surface area (Å²) < 4.78 is 4.82. The van der Waals surface area contributed by atoms with Gasteiger partial charge in [0.2, 0.25) is 5.91 Å². The minimum atomic E-state index is -0.170. The molecular formula is C15H22N2O3. The topological polar surface area (TPSA) is 67.4 Å². The number of carbonyl (C=O) groups is 2. The van der Waals surface area contributed by atoms with Crippen molar-refractivity contribution in [1.82, 2.24) is 5.32 Å². The molecule has 0 fully saturated rings. The first kappa shape index (κ1) is 16.2. The molecule has 1 rings (SSSR count). The number of ether oxygens (including phenoxy) is 1. The fourth-order valence-corrected chi connectivity index (χ4v) is 1.66. The lowest BCUT2D eigenvalue weighted by Gasteiger charge is -2.06. The minimum Gasteiger partial charge on any atom is -0.466 e. The van der Waals surface area contributed by atoms with Gasteiger partial charge in [0.25, 0.3) is 0 Å². The van der Waals surface area contributed by atoms with E-state index in [0.717, 1.165) is 12.1 Å². The van der Waals surface area contributed by atoms with E-state index in [1.165, 1.54) is 0 Å². The third-order valence-corrected chi connectivity index (χ3v) is 2.63. The van der Waals surface area contributed by atoms with Crippen LogP contribution in [0.3, 0.4) is 0 Å². The van der Waals surface area contributed by atoms with Gasteiger partial charge in [0, 0.05) is 25.1 Å². The Kier molecular flexibility index (Phi) is 8.07. The second kappa shape index (κ2) is 9.97. The van der Waals surface area contributed by atoms with Crippen molar-refractivity contribution in [3.05, 3.63) is 30.3 Å². The number of amides is 1. The molecule has 0 spiro atoms. The Bertz CT molecular complexity index is 407. The number of esters is 1. The van der Waals surface area contributed by atoms with Crippen LogP contribution in [0.5, 0.6) is 0 Å². The molecule has 0 bridgehead atoms. The van der Waals surface area contributed by atoms with Crippen LogP contribution >= 0.6 is 0 Å². The van der Waals surface area contributed by atoms with Crippen LogP contribution < -0.4 is 10.6 Å². The number of rotatable bonds is 9. The van der Waals surface area contributed by atoms with Gasteiger partial charge < -0.3 is 15.4 Å². The monoisotopic (exact) mass is 278 g/mol. The fraction of sp³-hybridized carbons (Fsp3) is 0.467. The molecule has 0 aliphatic rings. The van der Waals surface area contributed by atoms with Crippen LogP contribution in [0.1, 0.15) is 26.2 Å². The normalized spacial score (nSPS) is 10.1. The number of carbonyl (C=O) groups excluding carboxylic acids is 2. The molecule has 110 valence electrons. The lowest BCUT2D eigenvalue weighted by molar-refractivity contribution is -0.143. The first-order valence-corrected chi connectivity index (χ1v) is 6.93. The van der Waals surface area contributed by atoms with Gasteiger partial charge in [0.05, 0.1) is 6.61 Å². The summed E-state index contributed by atoms with van der Waals surface area (Å²) in [5, 5.41) is 5.95. The molecule has 1 amide bonds. The maximum Gasteiger partial charge on any atom is 0.305 e. The van der Waals surface area contributed by atoms with Crippen LogP contribution in [0.2, 0.25) is 0 Å². The predicted molar refractivity (Wildman–Crippen MR) is 78.4 cm³/mol. The van der Waals surface area contributed by atoms with Crippen molar-refractivity contribution in [3.63, 3.8) is 0 Å². The van der Waals surface area contributed by atoms with Crippen molar-refractivity contribution < 1.29 is 14.3 Å². The Morgan fingerprint density at radius 3 is 2.55 bits per heavy atom. The zero-order chi connectivity index (χ0) is 14.6. The van der Waals surface area contributed by atoms with Gasteiger partial charge in [-0.05, 0) is 32.0 Å². The summed E-state index contributed by atoms with van der Waals surface area (Å²) >= 11 is 0. The van der Waals surface area contributed by atoms with E-state index in [1.807, 2.05) is 30.3 Å². The van der Waals surface area contributed by atoms with Crippen LogP contribution in [-0.2, 0) is 14.3 Å². The zero-order valence-electron chi connectivity index (χ0n) is 11.9. The average Bonchev–Trinajstić information content (AvgIpc) is 2.44. The van der Waals surface area contributed by atoms with E-state index in [0.29, 0.717) is 32.5 Å². The molecule has 0 saturated heterocycles. The predicted octanol–water partition coefficient (Wildman–Crippen LogP) is 1.95. The molecular weight excluding hydrogens is 256 g/mol. The number of benzene rings is 1. The molecule has 20 heavy (non-hydrogen) atoms. The van der Waals surface area contributed by atoms with Gasteiger partial charge in [-0.25, -0.2) is 0 Å². The highest BCUT2D eigenvalue weighted by Crippen LogP contribution is 2.04. The van der Waals surface area contributed by atoms with E-state index in [2.05, 4.69) is 10.6 Å². The Hall–Kier alpha value is -1.88. The van der Waals surface area contributed by atoms with Gasteiger partial charge in [-0.15, -0.1) is 0 Å². The van der Waals surface area contributed by atoms with Gasteiger partial charge in [-0.2, -0.15) is 0 Å². The third-order valence-electron chi connectivity index (χ3n) is 2.63. The molecule has 0 heterocycles. The second-order valence-corrected chi connectivity index (χ2v) is 4.32. The standard InChI is InChI=1S/C15H22N2O3/c1-2-20-15(19)9-6-11-16-12-10-14(18)17-13-7-4-3-5-8-13/h3-5,7-8,16H,2,6,9-12H2,1H3,(H,17,18). The smallest absolute Gasteiger partial charge is 0.305 e. The van der Waals surface area contributed by atoms with Crippen molar-refractivity contribution in [2.45, 2.75) is 26.2 Å². The summed E-state index contributed by atoms with van der Waals surface area (Å²) in [7, 11) is 0. The summed E-state index contributed by atoms with van der Waals surface area (Å²) in [6.07, 6.45) is 1.55. The molecule has 5 nitrogen and oxygen atoms in total. The first-order valence-electron chi connectivity index (χ1n) is 6.93. The number of hydrogen-bond donors (Lipinski definition) is 2. The number of anilines is 1. The molecule has 2 N–H and O–H groups in total. The number of hydrogen-bond acceptors (Lipinski definition) is 4. The van der Waals surface area contributed by atoms with Crippen LogP contribution in [0.4, 0.5) is 5.69 Å². The highest BCUT2D eigenvalue weighted by Gasteiger charge is 2.02. The molecule has 0 unspecified atom stereocenters. The molecule has 0 aliphatic heterocycles. The Morgan fingerprint density at radius 2 is 1.85 bits per heavy atom. The molecule has 0 radical (unpaired) electrons. The molecule has 0 aliphatic carbocycles. The van der Waals surface area contributed by atoms with Gasteiger partial charge >= 0.3 is 5.97 Å². The molecule has 0 aromatic heterocycles. The maximum absolute atomic E-state index is 11.6. The molecule has 5 heteroatoms. The maximum atomic E-state index is 11.6. The summed E-state index contributed by atoms with van der Waals surface area (Å²) in [5.74, 6) is -0.190. The van der Waals surface area contributed by atoms with Crippen LogP contribution in [0.15, 0.2) is 30.3 Å². The van der Waals surface area contributed by atoms with Crippen LogP contribution in [0.25, 0.3) is 0 Å². The lowest BCUT2D eigenvalue weighted by Crippen LogP contribution is -2.23. The van der Waals surface area contributed by atoms with Crippen molar-refractivity contribution in [2.24, 2.45) is 0 Å². The van der Waals surface area contributed by atoms with Crippen LogP contribution in [-0.4, -0.2) is 31.6 Å². The van der Waals surface area contributed by atoms with E-state index in [-0.39, 0.29) is 11.9 Å². The quantitative estimate of drug-likeness (QED) is 0.535. The molecule has 0 atom stereocenters. The minimum absolute atomic E-state index is 0.0194. The summed E-state index contributed by atoms with van der Waals surface area (Å²) in [4.78, 5) is 22.7. The van der Waals surface area contributed by atoms with Gasteiger partial charge in [-0.3, -0.25) is 9.59 Å². The van der Waals surface area contributed by atoms with Crippen molar-refractivity contribution in [3.8, 4) is 0 Å². The third kappa shape index (κ3) is 7.53. The van der Waals surface area contributed by atoms with E-state index >= 15 is 0 Å². The van der Waals surface area contributed by atoms with Gasteiger partial charge in [0.15, 0.2) is 0 Å². The Balaban J connectivity index is 2.01. The van der Waals surface area contributed by atoms with Crippen molar-refractivity contribution in [2.75, 3.05) is 25.0 Å². The second-order valence-electron chi connectivity index (χ2n) is 4.32. The summed E-state index contributed by atoms with van der Waals surface area (Å²) in [6.45, 7) is 3.52. The van der Waals surface area contributed by atoms with E-state index in [4.69, 9.17) is 4.74 Å². The number of nitrogens with one attached hydrogen (secondary N) is 2. The van der Waals surface area contributed by atoms with Gasteiger partial charge in [-0.1, -0.05) is 18.2 Å². The van der Waals surface area contributed by atoms with Crippen molar-refractivity contribution >= 4 is 17.6 Å². The number of para-hydroxylation sites is 1. The zero-order valence-corrected chi connectivity index (χ0v) is 11.9. The lowest BCUT2D eigenvalue weighted by atomic mass is 10.3. The summed E-state index contributed by atoms with van der Waals surface area (Å²) in [6, 6.07) is 9.36. The Labute approximate surface area is 119 Å². The summed E-state index contributed by atoms with van der Waals surface area (Å²) in [5.41, 5.74) is 0.805. The molecule has 1 aromatic rings. The van der Waals surface area contributed by atoms with Gasteiger partial charge in [0.1, 0.15) is 0 Å². The molecule has 0 saturated carbocycles. The van der Waals surface area contributed by atoms with E-state index < -0.39 is 0 Å². The highest BCUT2D eigenvalue weighted by atomic mass is 16.5. The molecule has 1 aromatic carbocycles. The highest BCUT2D eigenvalue weighted by molar-refractivity contribution is 5.90. The average molecular weight is 278 g/mol. The SMILES string of the molecule is CCOC(=O)CCCNCCC(=O)Nc1ccccc1. The van der Waals surface area contributed by atoms with E-state index in [1.54, 1.807) is 6.92 Å². The largest absolute Gasteiger partial charge is 0.466 e. The van der Waals surface area contributed by atoms with Crippen LogP contribution in [0, 0.1) is 0 Å². The first-order chi connectivity index (χ1) is 9.72. The van der Waals surface area contributed by atoms with Crippen molar-refractivity contribution in [1.29, 1.82) is 0 Å². The fourth-order valence-electron chi connectivity index (χ4n) is 1.66.